The van der Waals surface area contributed by atoms with E-state index in [1.54, 1.807) is 0 Å². The predicted octanol–water partition coefficient (Wildman–Crippen LogP) is 17.3. The predicted molar refractivity (Wildman–Crippen MR) is 318 cm³/mol. The highest BCUT2D eigenvalue weighted by Crippen LogP contribution is 2.62. The highest BCUT2D eigenvalue weighted by atomic mass is 15.3. The molecule has 13 aromatic rings. The Balaban J connectivity index is 1.08. The van der Waals surface area contributed by atoms with Crippen molar-refractivity contribution in [3.63, 3.8) is 0 Å². The van der Waals surface area contributed by atoms with Crippen LogP contribution in [0.2, 0.25) is 0 Å². The molecule has 4 unspecified atom stereocenters. The fourth-order valence-corrected chi connectivity index (χ4v) is 13.7. The minimum Gasteiger partial charge on any atom is -0.356 e. The Hall–Kier alpha value is -9.78. The number of aromatic nitrogens is 5. The summed E-state index contributed by atoms with van der Waals surface area (Å²) in [6.07, 6.45) is 14.4. The Labute approximate surface area is 446 Å². The van der Waals surface area contributed by atoms with E-state index in [9.17, 15) is 0 Å². The molecule has 5 heterocycles. The molecule has 1 aliphatic heterocycles. The average molecular weight is 987 g/mol. The minimum atomic E-state index is -0.277. The third-order valence-corrected chi connectivity index (χ3v) is 16.9. The van der Waals surface area contributed by atoms with E-state index in [1.807, 2.05) is 0 Å². The van der Waals surface area contributed by atoms with E-state index in [4.69, 9.17) is 9.97 Å². The first-order chi connectivity index (χ1) is 38.1. The topological polar surface area (TPSA) is 43.8 Å². The molecule has 77 heavy (non-hydrogen) atoms. The smallest absolute Gasteiger partial charge is 0.160 e. The number of hydrogen-bond donors (Lipinski definition) is 0. The van der Waals surface area contributed by atoms with Crippen LogP contribution >= 0.6 is 0 Å². The number of rotatable bonds is 7. The van der Waals surface area contributed by atoms with E-state index in [1.165, 1.54) is 49.4 Å². The summed E-state index contributed by atoms with van der Waals surface area (Å²) in [4.78, 5) is 13.8. The molecule has 6 heteroatoms. The van der Waals surface area contributed by atoms with Crippen molar-refractivity contribution in [2.45, 2.75) is 19.0 Å². The van der Waals surface area contributed by atoms with Gasteiger partial charge in [0.1, 0.15) is 0 Å². The lowest BCUT2D eigenvalue weighted by atomic mass is 9.67. The van der Waals surface area contributed by atoms with Crippen LogP contribution in [0.1, 0.15) is 24.2 Å². The molecule has 1 fully saturated rings. The van der Waals surface area contributed by atoms with Gasteiger partial charge in [-0.3, -0.25) is 0 Å². The van der Waals surface area contributed by atoms with E-state index >= 15 is 0 Å². The van der Waals surface area contributed by atoms with E-state index in [2.05, 4.69) is 293 Å². The molecule has 1 saturated heterocycles. The second-order valence-corrected chi connectivity index (χ2v) is 21.1. The van der Waals surface area contributed by atoms with Crippen LogP contribution in [0.3, 0.4) is 0 Å². The van der Waals surface area contributed by atoms with Gasteiger partial charge >= 0.3 is 0 Å². The number of anilines is 1. The molecule has 4 aromatic heterocycles. The molecule has 364 valence electrons. The summed E-state index contributed by atoms with van der Waals surface area (Å²) < 4.78 is 7.47. The van der Waals surface area contributed by atoms with Gasteiger partial charge in [0, 0.05) is 83.3 Å². The number of fused-ring (bicyclic) bond motifs is 14. The summed E-state index contributed by atoms with van der Waals surface area (Å²) in [7, 11) is 0. The first kappa shape index (κ1) is 43.6. The van der Waals surface area contributed by atoms with Crippen LogP contribution in [0.5, 0.6) is 0 Å². The van der Waals surface area contributed by atoms with Crippen LogP contribution in [0.4, 0.5) is 5.69 Å². The summed E-state index contributed by atoms with van der Waals surface area (Å²) in [6, 6.07) is 83.5. The largest absolute Gasteiger partial charge is 0.356 e. The van der Waals surface area contributed by atoms with Gasteiger partial charge in [-0.15, -0.1) is 0 Å². The summed E-state index contributed by atoms with van der Waals surface area (Å²) in [5, 5.41) is 6.04. The van der Waals surface area contributed by atoms with Crippen molar-refractivity contribution in [2.24, 2.45) is 11.3 Å². The Bertz CT molecular complexity index is 4530. The molecule has 0 saturated carbocycles. The number of hydrogen-bond acceptors (Lipinski definition) is 3. The standard InChI is InChI=1S/C71H50N6/c1-71-42-41-64-66(54-34-18-21-37-61(54)74(64)48-27-11-4-12-28-48)69(71)77(62-38-22-19-35-57(62)71)51-43-55(59-45-58(46-23-7-2-8-24-46)72-70(73-59)47-25-9-3-10-26-47)67-56(44-51)65-63(76(67)50-31-15-6-16-32-50)40-39-53-52-33-17-20-36-60(52)75(68(53)65)49-29-13-5-14-30-49/h2-45,57,62,69H,1H3. The van der Waals surface area contributed by atoms with Crippen LogP contribution in [-0.2, 0) is 0 Å². The van der Waals surface area contributed by atoms with E-state index in [0.717, 1.165) is 67.2 Å². The van der Waals surface area contributed by atoms with Gasteiger partial charge in [0.2, 0.25) is 0 Å². The molecule has 16 rings (SSSR count). The summed E-state index contributed by atoms with van der Waals surface area (Å²) in [6.45, 7) is 2.50. The van der Waals surface area contributed by atoms with Gasteiger partial charge in [0.25, 0.3) is 0 Å². The zero-order chi connectivity index (χ0) is 50.8. The molecular weight excluding hydrogens is 937 g/mol. The maximum atomic E-state index is 5.69. The van der Waals surface area contributed by atoms with Crippen molar-refractivity contribution in [1.29, 1.82) is 0 Å². The number of benzene rings is 9. The molecule has 9 aromatic carbocycles. The lowest BCUT2D eigenvalue weighted by molar-refractivity contribution is 0.320. The molecule has 0 spiro atoms. The number of para-hydroxylation sites is 5. The maximum Gasteiger partial charge on any atom is 0.160 e. The van der Waals surface area contributed by atoms with Crippen molar-refractivity contribution < 1.29 is 0 Å². The fraction of sp³-hybridized carbons (Fsp3) is 0.0704. The van der Waals surface area contributed by atoms with Crippen LogP contribution in [0.25, 0.3) is 112 Å². The van der Waals surface area contributed by atoms with Crippen molar-refractivity contribution in [3.05, 3.63) is 272 Å². The van der Waals surface area contributed by atoms with Gasteiger partial charge in [-0.2, -0.15) is 0 Å². The zero-order valence-corrected chi connectivity index (χ0v) is 42.3. The number of allylic oxidation sites excluding steroid dienone is 2. The normalized spacial score (nSPS) is 18.5. The van der Waals surface area contributed by atoms with Crippen LogP contribution < -0.4 is 4.90 Å². The Morgan fingerprint density at radius 3 is 1.68 bits per heavy atom. The second kappa shape index (κ2) is 16.9. The molecule has 4 atom stereocenters. The quantitative estimate of drug-likeness (QED) is 0.160. The van der Waals surface area contributed by atoms with Crippen molar-refractivity contribution in [3.8, 4) is 51.0 Å². The van der Waals surface area contributed by atoms with Gasteiger partial charge in [-0.05, 0) is 78.9 Å². The number of nitrogens with zero attached hydrogens (tertiary/aromatic N) is 6. The Kier molecular flexibility index (Phi) is 9.55. The molecule has 0 radical (unpaired) electrons. The molecular formula is C71H50N6. The Morgan fingerprint density at radius 1 is 0.429 bits per heavy atom. The van der Waals surface area contributed by atoms with Crippen LogP contribution in [0, 0.1) is 11.3 Å². The van der Waals surface area contributed by atoms with Gasteiger partial charge in [-0.1, -0.05) is 195 Å². The summed E-state index contributed by atoms with van der Waals surface area (Å²) in [5.41, 5.74) is 17.3. The molecule has 0 bridgehead atoms. The van der Waals surface area contributed by atoms with Gasteiger partial charge in [-0.25, -0.2) is 9.97 Å². The van der Waals surface area contributed by atoms with Gasteiger partial charge in [0.15, 0.2) is 5.82 Å². The van der Waals surface area contributed by atoms with Gasteiger partial charge in [0.05, 0.1) is 56.7 Å². The lowest BCUT2D eigenvalue weighted by Crippen LogP contribution is -2.34. The first-order valence-corrected chi connectivity index (χ1v) is 26.8. The molecule has 0 amide bonds. The fourth-order valence-electron chi connectivity index (χ4n) is 13.7. The lowest BCUT2D eigenvalue weighted by Gasteiger charge is -2.39. The van der Waals surface area contributed by atoms with Crippen molar-refractivity contribution in [1.82, 2.24) is 23.7 Å². The zero-order valence-electron chi connectivity index (χ0n) is 42.3. The second-order valence-electron chi connectivity index (χ2n) is 21.1. The van der Waals surface area contributed by atoms with Crippen molar-refractivity contribution >= 4 is 66.3 Å². The van der Waals surface area contributed by atoms with E-state index < -0.39 is 0 Å². The monoisotopic (exact) mass is 986 g/mol. The molecule has 0 N–H and O–H groups in total. The van der Waals surface area contributed by atoms with E-state index in [-0.39, 0.29) is 23.4 Å². The first-order valence-electron chi connectivity index (χ1n) is 26.8. The van der Waals surface area contributed by atoms with Gasteiger partial charge < -0.3 is 18.6 Å². The molecule has 3 aliphatic rings. The average Bonchev–Trinajstić information content (AvgIpc) is 4.40. The summed E-state index contributed by atoms with van der Waals surface area (Å²) >= 11 is 0. The van der Waals surface area contributed by atoms with Crippen LogP contribution in [-0.4, -0.2) is 29.7 Å². The minimum absolute atomic E-state index is 0.0400. The Morgan fingerprint density at radius 2 is 0.987 bits per heavy atom. The van der Waals surface area contributed by atoms with E-state index in [0.29, 0.717) is 5.82 Å². The molecule has 6 nitrogen and oxygen atoms in total. The summed E-state index contributed by atoms with van der Waals surface area (Å²) in [5.74, 6) is 0.866. The third kappa shape index (κ3) is 6.42. The van der Waals surface area contributed by atoms with Crippen molar-refractivity contribution in [2.75, 3.05) is 4.90 Å². The SMILES string of the molecule is CC12C=Cc3c(c4ccccc4n3-c3ccccc3)C1N(c1cc(-c3cc(-c4ccccc4)nc(-c4ccccc4)n3)c3c(c1)c1c(ccc4c5ccccc5n(-c5ccccc5)c41)n3-c1ccccc1)C1C=CC=CC12. The van der Waals surface area contributed by atoms with Crippen LogP contribution in [0.15, 0.2) is 261 Å². The highest BCUT2D eigenvalue weighted by molar-refractivity contribution is 6.28. The third-order valence-electron chi connectivity index (χ3n) is 16.9. The maximum absolute atomic E-state index is 5.69. The highest BCUT2D eigenvalue weighted by Gasteiger charge is 2.57. The molecule has 2 aliphatic carbocycles.